The van der Waals surface area contributed by atoms with Crippen LogP contribution >= 0.6 is 0 Å². The van der Waals surface area contributed by atoms with Crippen LogP contribution in [0.3, 0.4) is 0 Å². The molecule has 0 saturated carbocycles. The number of nitrogens with one attached hydrogen (secondary N) is 1. The van der Waals surface area contributed by atoms with Crippen LogP contribution in [-0.2, 0) is 26.2 Å². The van der Waals surface area contributed by atoms with E-state index in [1.807, 2.05) is 13.8 Å². The molecular formula is C30H34FN3O6S. The molecular weight excluding hydrogens is 549 g/mol. The number of hydrogen-bond acceptors (Lipinski definition) is 6. The van der Waals surface area contributed by atoms with E-state index in [4.69, 9.17) is 9.47 Å². The Balaban J connectivity index is 1.75. The molecule has 0 saturated heterocycles. The van der Waals surface area contributed by atoms with Gasteiger partial charge in [-0.1, -0.05) is 37.3 Å². The Morgan fingerprint density at radius 3 is 2.24 bits per heavy atom. The van der Waals surface area contributed by atoms with Crippen molar-refractivity contribution in [2.45, 2.75) is 50.7 Å². The largest absolute Gasteiger partial charge is 0.486 e. The molecule has 218 valence electrons. The molecule has 41 heavy (non-hydrogen) atoms. The van der Waals surface area contributed by atoms with Gasteiger partial charge in [0, 0.05) is 18.7 Å². The number of benzene rings is 3. The number of hydrogen-bond donors (Lipinski definition) is 1. The van der Waals surface area contributed by atoms with E-state index < -0.39 is 34.3 Å². The first-order chi connectivity index (χ1) is 19.6. The monoisotopic (exact) mass is 583 g/mol. The van der Waals surface area contributed by atoms with Gasteiger partial charge < -0.3 is 19.7 Å². The molecule has 1 unspecified atom stereocenters. The molecule has 1 N–H and O–H groups in total. The maximum atomic E-state index is 14.1. The van der Waals surface area contributed by atoms with E-state index in [9.17, 15) is 22.4 Å². The first-order valence-corrected chi connectivity index (χ1v) is 14.9. The van der Waals surface area contributed by atoms with E-state index in [0.29, 0.717) is 30.3 Å². The zero-order valence-electron chi connectivity index (χ0n) is 23.2. The summed E-state index contributed by atoms with van der Waals surface area (Å²) in [5.41, 5.74) is 0.792. The summed E-state index contributed by atoms with van der Waals surface area (Å²) in [5, 5.41) is 2.84. The molecule has 0 aliphatic carbocycles. The third-order valence-corrected chi connectivity index (χ3v) is 8.29. The van der Waals surface area contributed by atoms with Crippen molar-refractivity contribution in [2.24, 2.45) is 0 Å². The fourth-order valence-electron chi connectivity index (χ4n) is 4.52. The molecule has 2 amide bonds. The fourth-order valence-corrected chi connectivity index (χ4v) is 5.95. The number of anilines is 1. The Labute approximate surface area is 239 Å². The lowest BCUT2D eigenvalue weighted by molar-refractivity contribution is -0.140. The average Bonchev–Trinajstić information content (AvgIpc) is 2.96. The fraction of sp³-hybridized carbons (Fsp3) is 0.333. The van der Waals surface area contributed by atoms with Crippen LogP contribution in [0.5, 0.6) is 11.5 Å². The number of halogens is 1. The molecule has 0 aromatic heterocycles. The van der Waals surface area contributed by atoms with Crippen LogP contribution < -0.4 is 19.1 Å². The quantitative estimate of drug-likeness (QED) is 0.364. The molecule has 1 heterocycles. The molecule has 0 bridgehead atoms. The minimum Gasteiger partial charge on any atom is -0.486 e. The highest BCUT2D eigenvalue weighted by Crippen LogP contribution is 2.36. The molecule has 11 heteroatoms. The number of carbonyl (C=O) groups is 2. The summed E-state index contributed by atoms with van der Waals surface area (Å²) in [6.07, 6.45) is 0.279. The molecule has 4 rings (SSSR count). The topological polar surface area (TPSA) is 105 Å². The Morgan fingerprint density at radius 1 is 0.951 bits per heavy atom. The van der Waals surface area contributed by atoms with Gasteiger partial charge in [0.1, 0.15) is 31.6 Å². The van der Waals surface area contributed by atoms with Crippen LogP contribution in [0.15, 0.2) is 77.7 Å². The lowest BCUT2D eigenvalue weighted by atomic mass is 10.1. The normalized spacial score (nSPS) is 13.4. The molecule has 1 atom stereocenters. The highest BCUT2D eigenvalue weighted by Gasteiger charge is 2.34. The zero-order chi connectivity index (χ0) is 29.6. The molecule has 9 nitrogen and oxygen atoms in total. The second-order valence-electron chi connectivity index (χ2n) is 9.89. The number of fused-ring (bicyclic) bond motifs is 1. The van der Waals surface area contributed by atoms with Crippen molar-refractivity contribution in [3.05, 3.63) is 84.2 Å². The lowest BCUT2D eigenvalue weighted by Gasteiger charge is -2.33. The van der Waals surface area contributed by atoms with Crippen molar-refractivity contribution >= 4 is 27.5 Å². The van der Waals surface area contributed by atoms with Gasteiger partial charge in [0.15, 0.2) is 11.5 Å². The van der Waals surface area contributed by atoms with Gasteiger partial charge in [-0.3, -0.25) is 13.9 Å². The van der Waals surface area contributed by atoms with E-state index >= 15 is 0 Å². The van der Waals surface area contributed by atoms with E-state index in [1.165, 1.54) is 47.4 Å². The summed E-state index contributed by atoms with van der Waals surface area (Å²) in [6.45, 7) is 5.45. The van der Waals surface area contributed by atoms with Crippen LogP contribution in [0.2, 0.25) is 0 Å². The van der Waals surface area contributed by atoms with Crippen molar-refractivity contribution in [1.82, 2.24) is 10.2 Å². The molecule has 0 radical (unpaired) electrons. The number of rotatable bonds is 11. The minimum atomic E-state index is -4.22. The Kier molecular flexibility index (Phi) is 9.49. The molecule has 1 aliphatic rings. The molecule has 0 fully saturated rings. The average molecular weight is 584 g/mol. The SMILES string of the molecule is CCC(C(=O)NC(C)C)N(Cc1ccc(F)cc1)C(=O)CN(c1ccc2c(c1)OCCO2)S(=O)(=O)c1ccccc1. The third kappa shape index (κ3) is 7.15. The van der Waals surface area contributed by atoms with Crippen LogP contribution in [-0.4, -0.2) is 57.0 Å². The van der Waals surface area contributed by atoms with E-state index in [0.717, 1.165) is 4.31 Å². The van der Waals surface area contributed by atoms with Gasteiger partial charge in [-0.2, -0.15) is 0 Å². The number of sulfonamides is 1. The Morgan fingerprint density at radius 2 is 1.61 bits per heavy atom. The van der Waals surface area contributed by atoms with Gasteiger partial charge in [0.2, 0.25) is 11.8 Å². The number of amides is 2. The van der Waals surface area contributed by atoms with E-state index in [-0.39, 0.29) is 35.5 Å². The van der Waals surface area contributed by atoms with E-state index in [1.54, 1.807) is 37.3 Å². The summed E-state index contributed by atoms with van der Waals surface area (Å²) >= 11 is 0. The van der Waals surface area contributed by atoms with Crippen molar-refractivity contribution in [3.8, 4) is 11.5 Å². The first kappa shape index (κ1) is 29.9. The predicted molar refractivity (Wildman–Crippen MR) is 153 cm³/mol. The van der Waals surface area contributed by atoms with Gasteiger partial charge in [-0.05, 0) is 62.2 Å². The molecule has 3 aromatic carbocycles. The number of nitrogens with zero attached hydrogens (tertiary/aromatic N) is 2. The summed E-state index contributed by atoms with van der Waals surface area (Å²) in [5.74, 6) is -0.572. The van der Waals surface area contributed by atoms with Crippen LogP contribution in [0.1, 0.15) is 32.8 Å². The summed E-state index contributed by atoms with van der Waals surface area (Å²) in [4.78, 5) is 28.6. The van der Waals surface area contributed by atoms with Crippen molar-refractivity contribution in [3.63, 3.8) is 0 Å². The minimum absolute atomic E-state index is 0.00244. The van der Waals surface area contributed by atoms with Gasteiger partial charge >= 0.3 is 0 Å². The molecule has 3 aromatic rings. The maximum absolute atomic E-state index is 14.1. The standard InChI is InChI=1S/C30H34FN3O6S/c1-4-26(30(36)32-21(2)3)33(19-22-10-12-23(31)13-11-22)29(35)20-34(41(37,38)25-8-6-5-7-9-25)24-14-15-27-28(18-24)40-17-16-39-27/h5-15,18,21,26H,4,16-17,19-20H2,1-3H3,(H,32,36). The second-order valence-corrected chi connectivity index (χ2v) is 11.8. The third-order valence-electron chi connectivity index (χ3n) is 6.51. The van der Waals surface area contributed by atoms with Crippen molar-refractivity contribution < 1.29 is 31.9 Å². The number of carbonyl (C=O) groups excluding carboxylic acids is 2. The number of ether oxygens (including phenoxy) is 2. The summed E-state index contributed by atoms with van der Waals surface area (Å²) in [7, 11) is -4.22. The van der Waals surface area contributed by atoms with Gasteiger partial charge in [-0.25, -0.2) is 12.8 Å². The predicted octanol–water partition coefficient (Wildman–Crippen LogP) is 4.12. The highest BCUT2D eigenvalue weighted by atomic mass is 32.2. The summed E-state index contributed by atoms with van der Waals surface area (Å²) in [6, 6.07) is 17.0. The lowest BCUT2D eigenvalue weighted by Crippen LogP contribution is -2.53. The zero-order valence-corrected chi connectivity index (χ0v) is 24.1. The maximum Gasteiger partial charge on any atom is 0.264 e. The Bertz CT molecular complexity index is 1470. The first-order valence-electron chi connectivity index (χ1n) is 13.4. The van der Waals surface area contributed by atoms with Crippen molar-refractivity contribution in [1.29, 1.82) is 0 Å². The van der Waals surface area contributed by atoms with Crippen LogP contribution in [0.25, 0.3) is 0 Å². The highest BCUT2D eigenvalue weighted by molar-refractivity contribution is 7.92. The smallest absolute Gasteiger partial charge is 0.264 e. The van der Waals surface area contributed by atoms with E-state index in [2.05, 4.69) is 5.32 Å². The van der Waals surface area contributed by atoms with Gasteiger partial charge in [0.05, 0.1) is 10.6 Å². The molecule has 1 aliphatic heterocycles. The van der Waals surface area contributed by atoms with Crippen LogP contribution in [0, 0.1) is 5.82 Å². The Hall–Kier alpha value is -4.12. The van der Waals surface area contributed by atoms with Crippen molar-refractivity contribution in [2.75, 3.05) is 24.1 Å². The van der Waals surface area contributed by atoms with Gasteiger partial charge in [0.25, 0.3) is 10.0 Å². The summed E-state index contributed by atoms with van der Waals surface area (Å²) < 4.78 is 53.8. The van der Waals surface area contributed by atoms with Gasteiger partial charge in [-0.15, -0.1) is 0 Å². The second kappa shape index (κ2) is 13.0. The van der Waals surface area contributed by atoms with Crippen LogP contribution in [0.4, 0.5) is 10.1 Å². The molecule has 0 spiro atoms.